The second kappa shape index (κ2) is 7.34. The summed E-state index contributed by atoms with van der Waals surface area (Å²) >= 11 is 0. The Morgan fingerprint density at radius 3 is 2.29 bits per heavy atom. The van der Waals surface area contributed by atoms with E-state index in [9.17, 15) is 9.59 Å². The van der Waals surface area contributed by atoms with Crippen molar-refractivity contribution in [2.75, 3.05) is 39.8 Å². The molecule has 0 N–H and O–H groups in total. The second-order valence-electron chi connectivity index (χ2n) is 7.00. The fourth-order valence-corrected chi connectivity index (χ4v) is 3.82. The molecule has 2 fully saturated rings. The van der Waals surface area contributed by atoms with Crippen molar-refractivity contribution in [2.45, 2.75) is 25.8 Å². The van der Waals surface area contributed by atoms with Gasteiger partial charge in [-0.2, -0.15) is 0 Å². The van der Waals surface area contributed by atoms with E-state index in [4.69, 9.17) is 0 Å². The first-order chi connectivity index (χ1) is 11.6. The highest BCUT2D eigenvalue weighted by atomic mass is 16.2. The molecule has 0 bridgehead atoms. The molecule has 1 aromatic carbocycles. The first-order valence-corrected chi connectivity index (χ1v) is 8.85. The normalized spacial score (nSPS) is 23.3. The van der Waals surface area contributed by atoms with Gasteiger partial charge in [0.15, 0.2) is 0 Å². The minimum atomic E-state index is 0.0511. The minimum absolute atomic E-state index is 0.0511. The number of hydrogen-bond donors (Lipinski definition) is 0. The summed E-state index contributed by atoms with van der Waals surface area (Å²) < 4.78 is 0. The summed E-state index contributed by atoms with van der Waals surface area (Å²) in [7, 11) is 2.11. The van der Waals surface area contributed by atoms with Gasteiger partial charge in [0, 0.05) is 45.6 Å². The van der Waals surface area contributed by atoms with Crippen LogP contribution < -0.4 is 0 Å². The molecule has 130 valence electrons. The van der Waals surface area contributed by atoms with Gasteiger partial charge in [0.25, 0.3) is 0 Å². The van der Waals surface area contributed by atoms with E-state index in [0.29, 0.717) is 13.1 Å². The molecule has 24 heavy (non-hydrogen) atoms. The Bertz CT molecular complexity index is 582. The number of benzene rings is 1. The molecule has 1 unspecified atom stereocenters. The lowest BCUT2D eigenvalue weighted by Crippen LogP contribution is -2.52. The van der Waals surface area contributed by atoms with Gasteiger partial charge in [-0.05, 0) is 25.5 Å². The van der Waals surface area contributed by atoms with Crippen LogP contribution in [0, 0.1) is 5.92 Å². The maximum atomic E-state index is 13.1. The standard InChI is InChI=1S/C19H27N3O2/c1-15(23)21-10-8-17(9-11-21)19(24)22-13-12-20(2)14-18(22)16-6-4-3-5-7-16/h3-7,17-18H,8-14H2,1-2H3. The smallest absolute Gasteiger partial charge is 0.226 e. The minimum Gasteiger partial charge on any atom is -0.343 e. The molecule has 2 amide bonds. The molecule has 0 radical (unpaired) electrons. The summed E-state index contributed by atoms with van der Waals surface area (Å²) in [6.07, 6.45) is 1.57. The SMILES string of the molecule is CC(=O)N1CCC(C(=O)N2CCN(C)CC2c2ccccc2)CC1. The van der Waals surface area contributed by atoms with Crippen molar-refractivity contribution < 1.29 is 9.59 Å². The number of rotatable bonds is 2. The zero-order valence-corrected chi connectivity index (χ0v) is 14.6. The fourth-order valence-electron chi connectivity index (χ4n) is 3.82. The predicted octanol–water partition coefficient (Wildman–Crippen LogP) is 1.76. The summed E-state index contributed by atoms with van der Waals surface area (Å²) in [6, 6.07) is 10.4. The lowest BCUT2D eigenvalue weighted by atomic mass is 9.93. The van der Waals surface area contributed by atoms with E-state index < -0.39 is 0 Å². The zero-order chi connectivity index (χ0) is 17.1. The van der Waals surface area contributed by atoms with Crippen LogP contribution in [0.15, 0.2) is 30.3 Å². The van der Waals surface area contributed by atoms with Gasteiger partial charge in [0.05, 0.1) is 6.04 Å². The maximum absolute atomic E-state index is 13.1. The topological polar surface area (TPSA) is 43.9 Å². The molecule has 1 aromatic rings. The third kappa shape index (κ3) is 3.61. The van der Waals surface area contributed by atoms with Gasteiger partial charge >= 0.3 is 0 Å². The summed E-state index contributed by atoms with van der Waals surface area (Å²) in [5.41, 5.74) is 1.21. The Hall–Kier alpha value is -1.88. The Kier molecular flexibility index (Phi) is 5.19. The summed E-state index contributed by atoms with van der Waals surface area (Å²) in [5, 5.41) is 0. The van der Waals surface area contributed by atoms with E-state index in [1.54, 1.807) is 6.92 Å². The van der Waals surface area contributed by atoms with Crippen molar-refractivity contribution in [3.05, 3.63) is 35.9 Å². The van der Waals surface area contributed by atoms with Crippen LogP contribution >= 0.6 is 0 Å². The summed E-state index contributed by atoms with van der Waals surface area (Å²) in [6.45, 7) is 5.59. The van der Waals surface area contributed by atoms with Crippen molar-refractivity contribution in [2.24, 2.45) is 5.92 Å². The van der Waals surface area contributed by atoms with Gasteiger partial charge in [-0.1, -0.05) is 30.3 Å². The van der Waals surface area contributed by atoms with Crippen LogP contribution in [0.3, 0.4) is 0 Å². The van der Waals surface area contributed by atoms with Crippen molar-refractivity contribution in [1.82, 2.24) is 14.7 Å². The molecule has 0 saturated carbocycles. The van der Waals surface area contributed by atoms with E-state index >= 15 is 0 Å². The quantitative estimate of drug-likeness (QED) is 0.830. The van der Waals surface area contributed by atoms with Crippen LogP contribution in [0.1, 0.15) is 31.4 Å². The van der Waals surface area contributed by atoms with Gasteiger partial charge in [-0.3, -0.25) is 9.59 Å². The lowest BCUT2D eigenvalue weighted by Gasteiger charge is -2.43. The Morgan fingerprint density at radius 1 is 1.00 bits per heavy atom. The molecule has 2 aliphatic heterocycles. The van der Waals surface area contributed by atoms with Gasteiger partial charge in [-0.25, -0.2) is 0 Å². The molecule has 5 nitrogen and oxygen atoms in total. The highest BCUT2D eigenvalue weighted by molar-refractivity contribution is 5.80. The van der Waals surface area contributed by atoms with Crippen molar-refractivity contribution in [3.8, 4) is 0 Å². The molecule has 5 heteroatoms. The predicted molar refractivity (Wildman–Crippen MR) is 93.4 cm³/mol. The third-order valence-corrected chi connectivity index (χ3v) is 5.34. The van der Waals surface area contributed by atoms with Crippen LogP contribution in [0.4, 0.5) is 0 Å². The van der Waals surface area contributed by atoms with Gasteiger partial charge in [-0.15, -0.1) is 0 Å². The van der Waals surface area contributed by atoms with Crippen LogP contribution in [0.2, 0.25) is 0 Å². The van der Waals surface area contributed by atoms with Crippen LogP contribution in [0.25, 0.3) is 0 Å². The first-order valence-electron chi connectivity index (χ1n) is 8.85. The van der Waals surface area contributed by atoms with Crippen molar-refractivity contribution in [3.63, 3.8) is 0 Å². The molecular weight excluding hydrogens is 302 g/mol. The number of likely N-dealkylation sites (tertiary alicyclic amines) is 1. The number of piperidine rings is 1. The maximum Gasteiger partial charge on any atom is 0.226 e. The van der Waals surface area contributed by atoms with E-state index in [-0.39, 0.29) is 23.8 Å². The average molecular weight is 329 g/mol. The number of hydrogen-bond acceptors (Lipinski definition) is 3. The zero-order valence-electron chi connectivity index (χ0n) is 14.6. The van der Waals surface area contributed by atoms with Crippen LogP contribution in [0.5, 0.6) is 0 Å². The second-order valence-corrected chi connectivity index (χ2v) is 7.00. The van der Waals surface area contributed by atoms with Crippen LogP contribution in [-0.4, -0.2) is 66.3 Å². The molecule has 2 saturated heterocycles. The molecule has 3 rings (SSSR count). The van der Waals surface area contributed by atoms with Crippen molar-refractivity contribution in [1.29, 1.82) is 0 Å². The molecule has 2 aliphatic rings. The Labute approximate surface area is 144 Å². The first kappa shape index (κ1) is 17.0. The summed E-state index contributed by atoms with van der Waals surface area (Å²) in [4.78, 5) is 30.8. The molecule has 1 atom stereocenters. The van der Waals surface area contributed by atoms with Crippen LogP contribution in [-0.2, 0) is 9.59 Å². The third-order valence-electron chi connectivity index (χ3n) is 5.34. The van der Waals surface area contributed by atoms with E-state index in [1.807, 2.05) is 23.1 Å². The summed E-state index contributed by atoms with van der Waals surface area (Å²) in [5.74, 6) is 0.429. The largest absolute Gasteiger partial charge is 0.343 e. The molecule has 0 aliphatic carbocycles. The molecular formula is C19H27N3O2. The number of amides is 2. The number of carbonyl (C=O) groups is 2. The number of piperazine rings is 1. The van der Waals surface area contributed by atoms with E-state index in [1.165, 1.54) is 5.56 Å². The molecule has 2 heterocycles. The van der Waals surface area contributed by atoms with Crippen molar-refractivity contribution >= 4 is 11.8 Å². The number of nitrogens with zero attached hydrogens (tertiary/aromatic N) is 3. The highest BCUT2D eigenvalue weighted by Gasteiger charge is 2.35. The van der Waals surface area contributed by atoms with Gasteiger partial charge < -0.3 is 14.7 Å². The fraction of sp³-hybridized carbons (Fsp3) is 0.579. The monoisotopic (exact) mass is 329 g/mol. The average Bonchev–Trinajstić information content (AvgIpc) is 2.62. The number of likely N-dealkylation sites (N-methyl/N-ethyl adjacent to an activating group) is 1. The van der Waals surface area contributed by atoms with E-state index in [2.05, 4.69) is 29.0 Å². The highest BCUT2D eigenvalue weighted by Crippen LogP contribution is 2.29. The Morgan fingerprint density at radius 2 is 1.67 bits per heavy atom. The lowest BCUT2D eigenvalue weighted by molar-refractivity contribution is -0.144. The van der Waals surface area contributed by atoms with Gasteiger partial charge in [0.2, 0.25) is 11.8 Å². The Balaban J connectivity index is 1.71. The molecule has 0 spiro atoms. The molecule has 0 aromatic heterocycles. The number of carbonyl (C=O) groups excluding carboxylic acids is 2. The van der Waals surface area contributed by atoms with E-state index in [0.717, 1.165) is 32.5 Å². The van der Waals surface area contributed by atoms with Gasteiger partial charge in [0.1, 0.15) is 0 Å².